The van der Waals surface area contributed by atoms with Gasteiger partial charge in [-0.15, -0.1) is 0 Å². The lowest BCUT2D eigenvalue weighted by Gasteiger charge is -2.37. The zero-order valence-electron chi connectivity index (χ0n) is 18.7. The van der Waals surface area contributed by atoms with E-state index in [4.69, 9.17) is 14.2 Å². The third-order valence-corrected chi connectivity index (χ3v) is 6.98. The Morgan fingerprint density at radius 2 is 1.50 bits per heavy atom. The number of anilines is 2. The Morgan fingerprint density at radius 1 is 0.941 bits per heavy atom. The van der Waals surface area contributed by atoms with Crippen molar-refractivity contribution in [1.82, 2.24) is 0 Å². The second kappa shape index (κ2) is 10.6. The van der Waals surface area contributed by atoms with Gasteiger partial charge in [-0.2, -0.15) is 0 Å². The molecule has 0 unspecified atom stereocenters. The Kier molecular flexibility index (Phi) is 7.58. The number of nitrogens with zero attached hydrogens (tertiary/aromatic N) is 1. The van der Waals surface area contributed by atoms with Gasteiger partial charge in [0.2, 0.25) is 0 Å². The van der Waals surface area contributed by atoms with Crippen molar-refractivity contribution in [3.8, 4) is 17.2 Å². The molecule has 1 aliphatic rings. The highest BCUT2D eigenvalue weighted by atomic mass is 79.9. The van der Waals surface area contributed by atoms with Crippen LogP contribution in [0.3, 0.4) is 0 Å². The molecule has 1 aliphatic heterocycles. The highest BCUT2D eigenvalue weighted by molar-refractivity contribution is 9.11. The molecule has 1 heterocycles. The number of benzene rings is 3. The van der Waals surface area contributed by atoms with Gasteiger partial charge in [-0.1, -0.05) is 6.07 Å². The van der Waals surface area contributed by atoms with E-state index in [2.05, 4.69) is 36.8 Å². The summed E-state index contributed by atoms with van der Waals surface area (Å²) in [6, 6.07) is 16.8. The molecule has 0 amide bonds. The standard InChI is InChI=1S/C26H23Br2NO5/c1-32-16-8-10-22-18(14-16)24(26(31)34-25-20(27)6-5-7-21(25)28)19-15-17(33-2)9-11-23(19)29(22)12-3-4-13-30/h5-11,13-15,24H,3-4,12H2,1-2H3. The molecule has 0 saturated heterocycles. The summed E-state index contributed by atoms with van der Waals surface area (Å²) in [6.07, 6.45) is 2.05. The van der Waals surface area contributed by atoms with Crippen LogP contribution in [0.25, 0.3) is 0 Å². The fourth-order valence-electron chi connectivity index (χ4n) is 4.14. The number of carbonyl (C=O) groups is 2. The first kappa shape index (κ1) is 24.3. The maximum absolute atomic E-state index is 13.8. The number of fused-ring (bicyclic) bond motifs is 2. The number of carbonyl (C=O) groups excluding carboxylic acids is 2. The van der Waals surface area contributed by atoms with Crippen LogP contribution in [0.15, 0.2) is 63.5 Å². The maximum Gasteiger partial charge on any atom is 0.323 e. The van der Waals surface area contributed by atoms with E-state index in [1.165, 1.54) is 0 Å². The smallest absolute Gasteiger partial charge is 0.323 e. The molecular formula is C26H23Br2NO5. The van der Waals surface area contributed by atoms with Gasteiger partial charge in [0.1, 0.15) is 23.7 Å². The highest BCUT2D eigenvalue weighted by Crippen LogP contribution is 2.48. The summed E-state index contributed by atoms with van der Waals surface area (Å²) < 4.78 is 18.2. The monoisotopic (exact) mass is 587 g/mol. The van der Waals surface area contributed by atoms with Crippen LogP contribution in [0.5, 0.6) is 17.2 Å². The number of methoxy groups -OCH3 is 2. The summed E-state index contributed by atoms with van der Waals surface area (Å²) in [7, 11) is 3.18. The first-order valence-electron chi connectivity index (χ1n) is 10.7. The number of hydrogen-bond acceptors (Lipinski definition) is 6. The molecule has 0 fully saturated rings. The van der Waals surface area contributed by atoms with Crippen LogP contribution in [0.2, 0.25) is 0 Å². The minimum absolute atomic E-state index is 0.412. The van der Waals surface area contributed by atoms with E-state index in [0.717, 1.165) is 28.8 Å². The normalized spacial score (nSPS) is 12.5. The molecule has 6 nitrogen and oxygen atoms in total. The van der Waals surface area contributed by atoms with E-state index in [0.29, 0.717) is 45.6 Å². The van der Waals surface area contributed by atoms with Crippen molar-refractivity contribution in [3.05, 3.63) is 74.7 Å². The minimum Gasteiger partial charge on any atom is -0.497 e. The second-order valence-corrected chi connectivity index (χ2v) is 9.42. The lowest BCUT2D eigenvalue weighted by atomic mass is 9.84. The molecule has 0 atom stereocenters. The molecule has 3 aromatic rings. The van der Waals surface area contributed by atoms with Crippen molar-refractivity contribution >= 4 is 55.5 Å². The van der Waals surface area contributed by atoms with Gasteiger partial charge < -0.3 is 23.9 Å². The van der Waals surface area contributed by atoms with Crippen molar-refractivity contribution in [2.75, 3.05) is 25.7 Å². The number of ether oxygens (including phenoxy) is 3. The lowest BCUT2D eigenvalue weighted by Crippen LogP contribution is -2.31. The Morgan fingerprint density at radius 3 is 2.00 bits per heavy atom. The Hall–Kier alpha value is -2.84. The zero-order valence-corrected chi connectivity index (χ0v) is 21.9. The van der Waals surface area contributed by atoms with Crippen LogP contribution in [-0.2, 0) is 9.59 Å². The van der Waals surface area contributed by atoms with Gasteiger partial charge in [0.05, 0.1) is 23.2 Å². The van der Waals surface area contributed by atoms with Gasteiger partial charge in [-0.05, 0) is 97.9 Å². The Bertz CT molecular complexity index is 1150. The second-order valence-electron chi connectivity index (χ2n) is 7.71. The van der Waals surface area contributed by atoms with Gasteiger partial charge in [0.15, 0.2) is 5.75 Å². The van der Waals surface area contributed by atoms with Crippen LogP contribution in [0, 0.1) is 0 Å². The van der Waals surface area contributed by atoms with Gasteiger partial charge in [-0.25, -0.2) is 0 Å². The number of unbranched alkanes of at least 4 members (excludes halogenated alkanes) is 1. The summed E-state index contributed by atoms with van der Waals surface area (Å²) in [5.41, 5.74) is 3.27. The van der Waals surface area contributed by atoms with Gasteiger partial charge in [-0.3, -0.25) is 4.79 Å². The lowest BCUT2D eigenvalue weighted by molar-refractivity contribution is -0.135. The fourth-order valence-corrected chi connectivity index (χ4v) is 5.30. The molecule has 3 aromatic carbocycles. The number of halogens is 2. The van der Waals surface area contributed by atoms with Gasteiger partial charge >= 0.3 is 5.97 Å². The minimum atomic E-state index is -0.712. The topological polar surface area (TPSA) is 65.1 Å². The van der Waals surface area contributed by atoms with Gasteiger partial charge in [0, 0.05) is 24.3 Å². The predicted octanol–water partition coefficient (Wildman–Crippen LogP) is 6.40. The molecule has 0 aliphatic carbocycles. The third-order valence-electron chi connectivity index (χ3n) is 5.73. The average Bonchev–Trinajstić information content (AvgIpc) is 2.85. The zero-order chi connectivity index (χ0) is 24.2. The maximum atomic E-state index is 13.8. The van der Waals surface area contributed by atoms with E-state index >= 15 is 0 Å². The summed E-state index contributed by atoms with van der Waals surface area (Å²) >= 11 is 6.94. The largest absolute Gasteiger partial charge is 0.497 e. The first-order valence-corrected chi connectivity index (χ1v) is 12.3. The molecule has 0 saturated carbocycles. The van der Waals surface area contributed by atoms with E-state index < -0.39 is 11.9 Å². The number of hydrogen-bond donors (Lipinski definition) is 0. The molecule has 0 radical (unpaired) electrons. The van der Waals surface area contributed by atoms with Crippen LogP contribution in [0.1, 0.15) is 29.9 Å². The van der Waals surface area contributed by atoms with E-state index in [-0.39, 0.29) is 0 Å². The SMILES string of the molecule is COc1ccc2c(c1)C(C(=O)Oc1c(Br)cccc1Br)c1cc(OC)ccc1N2CCCC=O. The van der Waals surface area contributed by atoms with Crippen molar-refractivity contribution in [2.24, 2.45) is 0 Å². The summed E-state index contributed by atoms with van der Waals surface area (Å²) in [5, 5.41) is 0. The van der Waals surface area contributed by atoms with Crippen molar-refractivity contribution in [3.63, 3.8) is 0 Å². The molecule has 176 valence electrons. The van der Waals surface area contributed by atoms with E-state index in [1.807, 2.05) is 54.6 Å². The van der Waals surface area contributed by atoms with Crippen LogP contribution < -0.4 is 19.1 Å². The molecule has 0 N–H and O–H groups in total. The predicted molar refractivity (Wildman–Crippen MR) is 138 cm³/mol. The number of esters is 1. The fraction of sp³-hybridized carbons (Fsp3) is 0.231. The first-order chi connectivity index (χ1) is 16.5. The third kappa shape index (κ3) is 4.70. The van der Waals surface area contributed by atoms with Gasteiger partial charge in [0.25, 0.3) is 0 Å². The van der Waals surface area contributed by atoms with Crippen molar-refractivity contribution in [1.29, 1.82) is 0 Å². The van der Waals surface area contributed by atoms with E-state index in [9.17, 15) is 9.59 Å². The number of rotatable bonds is 8. The molecule has 0 aromatic heterocycles. The molecule has 0 spiro atoms. The highest BCUT2D eigenvalue weighted by Gasteiger charge is 2.37. The summed E-state index contributed by atoms with van der Waals surface area (Å²) in [5.74, 6) is 0.547. The Balaban J connectivity index is 1.86. The quantitative estimate of drug-likeness (QED) is 0.131. The molecule has 0 bridgehead atoms. The average molecular weight is 589 g/mol. The molecule has 4 rings (SSSR count). The van der Waals surface area contributed by atoms with Crippen LogP contribution >= 0.6 is 31.9 Å². The van der Waals surface area contributed by atoms with Crippen molar-refractivity contribution in [2.45, 2.75) is 18.8 Å². The number of aldehydes is 1. The van der Waals surface area contributed by atoms with Crippen molar-refractivity contribution < 1.29 is 23.8 Å². The molecule has 34 heavy (non-hydrogen) atoms. The number of para-hydroxylation sites is 1. The summed E-state index contributed by atoms with van der Waals surface area (Å²) in [4.78, 5) is 26.8. The van der Waals surface area contributed by atoms with E-state index in [1.54, 1.807) is 14.2 Å². The van der Waals surface area contributed by atoms with Crippen LogP contribution in [0.4, 0.5) is 11.4 Å². The van der Waals surface area contributed by atoms with Crippen LogP contribution in [-0.4, -0.2) is 33.0 Å². The Labute approximate surface area is 215 Å². The molecular weight excluding hydrogens is 566 g/mol. The summed E-state index contributed by atoms with van der Waals surface area (Å²) in [6.45, 7) is 0.620. The molecule has 8 heteroatoms.